The predicted molar refractivity (Wildman–Crippen MR) is 99.7 cm³/mol. The molecule has 1 nitrogen and oxygen atoms in total. The first-order valence-corrected chi connectivity index (χ1v) is 9.26. The van der Waals surface area contributed by atoms with Crippen LogP contribution in [0.1, 0.15) is 69.4 Å². The lowest BCUT2D eigenvalue weighted by Gasteiger charge is -2.28. The molecule has 0 saturated heterocycles. The van der Waals surface area contributed by atoms with Crippen LogP contribution in [0.25, 0.3) is 0 Å². The SMILES string of the molecule is C/C=C/COCc1ccc([C@H]2CC[C@H](C/C=C/CC)CC2)cc1. The molecule has 0 amide bonds. The first-order valence-electron chi connectivity index (χ1n) is 9.26. The molecule has 1 saturated carbocycles. The van der Waals surface area contributed by atoms with Crippen molar-refractivity contribution in [3.8, 4) is 0 Å². The molecule has 1 aliphatic carbocycles. The van der Waals surface area contributed by atoms with E-state index in [1.54, 1.807) is 0 Å². The quantitative estimate of drug-likeness (QED) is 0.398. The Morgan fingerprint density at radius 3 is 2.39 bits per heavy atom. The Kier molecular flexibility index (Phi) is 8.17. The fourth-order valence-electron chi connectivity index (χ4n) is 3.41. The highest BCUT2D eigenvalue weighted by Crippen LogP contribution is 2.37. The van der Waals surface area contributed by atoms with Crippen LogP contribution < -0.4 is 0 Å². The molecule has 1 aliphatic rings. The van der Waals surface area contributed by atoms with Crippen LogP contribution in [0.2, 0.25) is 0 Å². The highest BCUT2D eigenvalue weighted by atomic mass is 16.5. The lowest BCUT2D eigenvalue weighted by atomic mass is 9.77. The predicted octanol–water partition coefficient (Wildman–Crippen LogP) is 6.41. The molecule has 0 spiro atoms. The molecule has 0 bridgehead atoms. The topological polar surface area (TPSA) is 9.23 Å². The molecule has 126 valence electrons. The van der Waals surface area contributed by atoms with Crippen LogP contribution in [0, 0.1) is 5.92 Å². The summed E-state index contributed by atoms with van der Waals surface area (Å²) in [5, 5.41) is 0. The summed E-state index contributed by atoms with van der Waals surface area (Å²) in [5.74, 6) is 1.67. The number of ether oxygens (including phenoxy) is 1. The van der Waals surface area contributed by atoms with Gasteiger partial charge in [-0.15, -0.1) is 0 Å². The third-order valence-corrected chi connectivity index (χ3v) is 4.89. The molecule has 1 aromatic carbocycles. The summed E-state index contributed by atoms with van der Waals surface area (Å²) in [7, 11) is 0. The van der Waals surface area contributed by atoms with Gasteiger partial charge in [-0.25, -0.2) is 0 Å². The highest BCUT2D eigenvalue weighted by Gasteiger charge is 2.21. The Morgan fingerprint density at radius 2 is 1.74 bits per heavy atom. The molecule has 0 unspecified atom stereocenters. The Bertz CT molecular complexity index is 475. The van der Waals surface area contributed by atoms with Gasteiger partial charge >= 0.3 is 0 Å². The second-order valence-electron chi connectivity index (χ2n) is 6.66. The van der Waals surface area contributed by atoms with Crippen LogP contribution in [0.4, 0.5) is 0 Å². The van der Waals surface area contributed by atoms with E-state index in [4.69, 9.17) is 4.74 Å². The molecule has 0 aliphatic heterocycles. The molecular weight excluding hydrogens is 280 g/mol. The first-order chi connectivity index (χ1) is 11.3. The number of benzene rings is 1. The minimum Gasteiger partial charge on any atom is -0.373 e. The van der Waals surface area contributed by atoms with Crippen molar-refractivity contribution < 1.29 is 4.74 Å². The molecular formula is C22H32O. The molecule has 1 aromatic rings. The van der Waals surface area contributed by atoms with Gasteiger partial charge in [0.05, 0.1) is 13.2 Å². The zero-order valence-corrected chi connectivity index (χ0v) is 14.8. The van der Waals surface area contributed by atoms with Crippen molar-refractivity contribution in [3.63, 3.8) is 0 Å². The Labute approximate surface area is 142 Å². The first kappa shape index (κ1) is 18.0. The normalized spacial score (nSPS) is 22.2. The zero-order valence-electron chi connectivity index (χ0n) is 14.8. The van der Waals surface area contributed by atoms with E-state index in [9.17, 15) is 0 Å². The second kappa shape index (κ2) is 10.4. The Morgan fingerprint density at radius 1 is 1.00 bits per heavy atom. The van der Waals surface area contributed by atoms with Gasteiger partial charge in [0.2, 0.25) is 0 Å². The van der Waals surface area contributed by atoms with Crippen LogP contribution in [0.15, 0.2) is 48.6 Å². The van der Waals surface area contributed by atoms with Crippen LogP contribution in [0.3, 0.4) is 0 Å². The van der Waals surface area contributed by atoms with Crippen LogP contribution >= 0.6 is 0 Å². The van der Waals surface area contributed by atoms with Gasteiger partial charge in [0.15, 0.2) is 0 Å². The van der Waals surface area contributed by atoms with E-state index in [1.165, 1.54) is 49.7 Å². The molecule has 23 heavy (non-hydrogen) atoms. The largest absolute Gasteiger partial charge is 0.373 e. The summed E-state index contributed by atoms with van der Waals surface area (Å²) in [5.41, 5.74) is 2.79. The minimum absolute atomic E-state index is 0.703. The van der Waals surface area contributed by atoms with Gasteiger partial charge in [-0.3, -0.25) is 0 Å². The maximum atomic E-state index is 5.61. The maximum Gasteiger partial charge on any atom is 0.0721 e. The molecule has 1 heteroatoms. The van der Waals surface area contributed by atoms with Gasteiger partial charge in [0.25, 0.3) is 0 Å². The lowest BCUT2D eigenvalue weighted by molar-refractivity contribution is 0.148. The van der Waals surface area contributed by atoms with Gasteiger partial charge < -0.3 is 4.74 Å². The monoisotopic (exact) mass is 312 g/mol. The van der Waals surface area contributed by atoms with E-state index in [0.29, 0.717) is 13.2 Å². The molecule has 0 heterocycles. The zero-order chi connectivity index (χ0) is 16.3. The summed E-state index contributed by atoms with van der Waals surface area (Å²) in [6, 6.07) is 9.11. The van der Waals surface area contributed by atoms with Gasteiger partial charge in [0.1, 0.15) is 0 Å². The molecule has 0 atom stereocenters. The van der Waals surface area contributed by atoms with Gasteiger partial charge in [-0.1, -0.05) is 55.5 Å². The van der Waals surface area contributed by atoms with E-state index >= 15 is 0 Å². The van der Waals surface area contributed by atoms with E-state index in [-0.39, 0.29) is 0 Å². The second-order valence-corrected chi connectivity index (χ2v) is 6.66. The summed E-state index contributed by atoms with van der Waals surface area (Å²) in [6.07, 6.45) is 16.7. The fraction of sp³-hybridized carbons (Fsp3) is 0.545. The van der Waals surface area contributed by atoms with Gasteiger partial charge in [0, 0.05) is 0 Å². The van der Waals surface area contributed by atoms with E-state index in [1.807, 2.05) is 19.1 Å². The Hall–Kier alpha value is -1.34. The molecule has 1 fully saturated rings. The number of hydrogen-bond acceptors (Lipinski definition) is 1. The van der Waals surface area contributed by atoms with Gasteiger partial charge in [-0.2, -0.15) is 0 Å². The van der Waals surface area contributed by atoms with Crippen LogP contribution in [-0.2, 0) is 11.3 Å². The van der Waals surface area contributed by atoms with Crippen molar-refractivity contribution in [1.82, 2.24) is 0 Å². The van der Waals surface area contributed by atoms with Gasteiger partial charge in [-0.05, 0) is 68.4 Å². The molecule has 2 rings (SSSR count). The molecule has 0 aromatic heterocycles. The van der Waals surface area contributed by atoms with Crippen molar-refractivity contribution in [3.05, 3.63) is 59.7 Å². The summed E-state index contributed by atoms with van der Waals surface area (Å²) in [6.45, 7) is 5.64. The third-order valence-electron chi connectivity index (χ3n) is 4.89. The fourth-order valence-corrected chi connectivity index (χ4v) is 3.41. The van der Waals surface area contributed by atoms with Crippen LogP contribution in [0.5, 0.6) is 0 Å². The van der Waals surface area contributed by atoms with Crippen molar-refractivity contribution >= 4 is 0 Å². The molecule has 0 radical (unpaired) electrons. The standard InChI is InChI=1S/C22H32O/c1-3-5-7-8-19-9-13-21(14-10-19)22-15-11-20(12-16-22)18-23-17-6-4-2/h4-7,11-12,15-16,19,21H,3,8-10,13-14,17-18H2,1-2H3/b6-4+,7-5+/t19-,21-. The van der Waals surface area contributed by atoms with Crippen molar-refractivity contribution in [2.45, 2.75) is 64.9 Å². The van der Waals surface area contributed by atoms with E-state index in [0.717, 1.165) is 11.8 Å². The average molecular weight is 312 g/mol. The van der Waals surface area contributed by atoms with E-state index < -0.39 is 0 Å². The highest BCUT2D eigenvalue weighted by molar-refractivity contribution is 5.25. The van der Waals surface area contributed by atoms with Crippen LogP contribution in [-0.4, -0.2) is 6.61 Å². The number of rotatable bonds is 8. The van der Waals surface area contributed by atoms with Crippen molar-refractivity contribution in [2.24, 2.45) is 5.92 Å². The smallest absolute Gasteiger partial charge is 0.0721 e. The number of allylic oxidation sites excluding steroid dienone is 3. The third kappa shape index (κ3) is 6.35. The number of hydrogen-bond donors (Lipinski definition) is 0. The summed E-state index contributed by atoms with van der Waals surface area (Å²) in [4.78, 5) is 0. The van der Waals surface area contributed by atoms with Crippen molar-refractivity contribution in [2.75, 3.05) is 6.61 Å². The Balaban J connectivity index is 1.76. The summed E-state index contributed by atoms with van der Waals surface area (Å²) < 4.78 is 5.61. The lowest BCUT2D eigenvalue weighted by Crippen LogP contribution is -2.12. The average Bonchev–Trinajstić information content (AvgIpc) is 2.60. The maximum absolute atomic E-state index is 5.61. The summed E-state index contributed by atoms with van der Waals surface area (Å²) >= 11 is 0. The van der Waals surface area contributed by atoms with Crippen molar-refractivity contribution in [1.29, 1.82) is 0 Å². The van der Waals surface area contributed by atoms with E-state index in [2.05, 4.69) is 43.3 Å². The molecule has 0 N–H and O–H groups in total. The minimum atomic E-state index is 0.703.